The summed E-state index contributed by atoms with van der Waals surface area (Å²) in [6, 6.07) is 1.76. The van der Waals surface area contributed by atoms with Crippen molar-refractivity contribution in [3.63, 3.8) is 0 Å². The molecule has 0 aliphatic carbocycles. The molecule has 0 spiro atoms. The molecule has 2 amide bonds. The van der Waals surface area contributed by atoms with Gasteiger partial charge >= 0.3 is 0 Å². The van der Waals surface area contributed by atoms with Crippen LogP contribution in [0, 0.1) is 0 Å². The highest BCUT2D eigenvalue weighted by atomic mass is 32.1. The zero-order valence-corrected chi connectivity index (χ0v) is 12.3. The van der Waals surface area contributed by atoms with Crippen LogP contribution in [-0.2, 0) is 9.53 Å². The Kier molecular flexibility index (Phi) is 5.49. The van der Waals surface area contributed by atoms with E-state index >= 15 is 0 Å². The van der Waals surface area contributed by atoms with Crippen molar-refractivity contribution in [3.05, 3.63) is 17.1 Å². The van der Waals surface area contributed by atoms with E-state index in [2.05, 4.69) is 9.69 Å². The van der Waals surface area contributed by atoms with Gasteiger partial charge in [-0.1, -0.05) is 0 Å². The number of nitrogens with zero attached hydrogens (tertiary/aromatic N) is 2. The zero-order valence-electron chi connectivity index (χ0n) is 11.5. The van der Waals surface area contributed by atoms with Crippen molar-refractivity contribution in [1.82, 2.24) is 14.6 Å². The molecule has 1 aromatic heterocycles. The largest absolute Gasteiger partial charge is 0.372 e. The first-order valence-corrected chi connectivity index (χ1v) is 7.55. The molecule has 1 saturated heterocycles. The molecule has 2 heterocycles. The lowest BCUT2D eigenvalue weighted by Crippen LogP contribution is -2.44. The van der Waals surface area contributed by atoms with Gasteiger partial charge in [0.05, 0.1) is 0 Å². The predicted octanol–water partition coefficient (Wildman–Crippen LogP) is 0.900. The monoisotopic (exact) mass is 297 g/mol. The summed E-state index contributed by atoms with van der Waals surface area (Å²) in [5, 5.41) is 2.86. The fraction of sp³-hybridized carbons (Fsp3) is 0.615. The lowest BCUT2D eigenvalue weighted by atomic mass is 10.2. The van der Waals surface area contributed by atoms with E-state index in [1.54, 1.807) is 12.3 Å². The van der Waals surface area contributed by atoms with Crippen molar-refractivity contribution in [3.8, 4) is 0 Å². The number of nitrogens with one attached hydrogen (secondary N) is 1. The van der Waals surface area contributed by atoms with Gasteiger partial charge in [-0.3, -0.25) is 9.59 Å². The molecule has 7 heteroatoms. The SMILES string of the molecule is CCOCC(=O)N1CCCC1CNC(=O)c1ccns1. The Hall–Kier alpha value is -1.47. The smallest absolute Gasteiger partial charge is 0.263 e. The topological polar surface area (TPSA) is 71.5 Å². The highest BCUT2D eigenvalue weighted by Crippen LogP contribution is 2.17. The Balaban J connectivity index is 1.82. The number of aromatic nitrogens is 1. The van der Waals surface area contributed by atoms with Crippen LogP contribution in [0.15, 0.2) is 12.3 Å². The molecule has 6 nitrogen and oxygen atoms in total. The Morgan fingerprint density at radius 3 is 3.15 bits per heavy atom. The van der Waals surface area contributed by atoms with E-state index in [4.69, 9.17) is 4.74 Å². The summed E-state index contributed by atoms with van der Waals surface area (Å²) in [4.78, 5) is 26.2. The first-order valence-electron chi connectivity index (χ1n) is 6.78. The van der Waals surface area contributed by atoms with Gasteiger partial charge in [-0.15, -0.1) is 0 Å². The molecule has 1 unspecified atom stereocenters. The second-order valence-corrected chi connectivity index (χ2v) is 5.44. The molecular weight excluding hydrogens is 278 g/mol. The van der Waals surface area contributed by atoms with Crippen LogP contribution in [0.3, 0.4) is 0 Å². The molecule has 1 aromatic rings. The fourth-order valence-corrected chi connectivity index (χ4v) is 2.79. The van der Waals surface area contributed by atoms with Gasteiger partial charge in [0.1, 0.15) is 11.5 Å². The molecule has 0 radical (unpaired) electrons. The first-order chi connectivity index (χ1) is 9.72. The average molecular weight is 297 g/mol. The third-order valence-corrected chi connectivity index (χ3v) is 4.03. The third-order valence-electron chi connectivity index (χ3n) is 3.29. The number of carbonyl (C=O) groups is 2. The second-order valence-electron chi connectivity index (χ2n) is 4.61. The summed E-state index contributed by atoms with van der Waals surface area (Å²) in [6.45, 7) is 3.74. The Labute approximate surface area is 122 Å². The number of rotatable bonds is 6. The van der Waals surface area contributed by atoms with Crippen molar-refractivity contribution in [2.75, 3.05) is 26.3 Å². The Bertz CT molecular complexity index is 450. The maximum Gasteiger partial charge on any atom is 0.263 e. The van der Waals surface area contributed by atoms with E-state index in [1.165, 1.54) is 11.5 Å². The van der Waals surface area contributed by atoms with Crippen LogP contribution in [0.5, 0.6) is 0 Å². The summed E-state index contributed by atoms with van der Waals surface area (Å²) in [6.07, 6.45) is 3.49. The van der Waals surface area contributed by atoms with Gasteiger partial charge in [0.25, 0.3) is 5.91 Å². The maximum atomic E-state index is 12.0. The lowest BCUT2D eigenvalue weighted by molar-refractivity contribution is -0.136. The van der Waals surface area contributed by atoms with Crippen LogP contribution >= 0.6 is 11.5 Å². The molecule has 1 N–H and O–H groups in total. The Morgan fingerprint density at radius 2 is 2.45 bits per heavy atom. The van der Waals surface area contributed by atoms with Gasteiger partial charge in [-0.2, -0.15) is 0 Å². The van der Waals surface area contributed by atoms with E-state index in [-0.39, 0.29) is 24.5 Å². The Morgan fingerprint density at radius 1 is 1.60 bits per heavy atom. The van der Waals surface area contributed by atoms with Gasteiger partial charge in [-0.25, -0.2) is 4.37 Å². The van der Waals surface area contributed by atoms with Crippen molar-refractivity contribution in [2.45, 2.75) is 25.8 Å². The molecule has 0 bridgehead atoms. The summed E-state index contributed by atoms with van der Waals surface area (Å²) in [7, 11) is 0. The lowest BCUT2D eigenvalue weighted by Gasteiger charge is -2.24. The van der Waals surface area contributed by atoms with E-state index in [0.29, 0.717) is 18.0 Å². The minimum absolute atomic E-state index is 0.00129. The molecule has 1 fully saturated rings. The van der Waals surface area contributed by atoms with Crippen molar-refractivity contribution < 1.29 is 14.3 Å². The molecule has 1 atom stereocenters. The normalized spacial score (nSPS) is 18.2. The number of likely N-dealkylation sites (tertiary alicyclic amines) is 1. The summed E-state index contributed by atoms with van der Waals surface area (Å²) in [5.41, 5.74) is 0. The number of carbonyl (C=O) groups excluding carboxylic acids is 2. The van der Waals surface area contributed by atoms with E-state index < -0.39 is 0 Å². The van der Waals surface area contributed by atoms with E-state index in [1.807, 2.05) is 11.8 Å². The van der Waals surface area contributed by atoms with Crippen LogP contribution in [0.2, 0.25) is 0 Å². The fourth-order valence-electron chi connectivity index (χ4n) is 2.28. The third kappa shape index (κ3) is 3.77. The van der Waals surface area contributed by atoms with Gasteiger partial charge in [0.2, 0.25) is 5.91 Å². The van der Waals surface area contributed by atoms with Gasteiger partial charge in [0, 0.05) is 31.9 Å². The average Bonchev–Trinajstić information content (AvgIpc) is 3.12. The van der Waals surface area contributed by atoms with E-state index in [9.17, 15) is 9.59 Å². The van der Waals surface area contributed by atoms with Gasteiger partial charge in [-0.05, 0) is 37.4 Å². The summed E-state index contributed by atoms with van der Waals surface area (Å²) >= 11 is 1.17. The molecule has 0 saturated carbocycles. The summed E-state index contributed by atoms with van der Waals surface area (Å²) < 4.78 is 9.06. The number of hydrogen-bond acceptors (Lipinski definition) is 5. The number of ether oxygens (including phenoxy) is 1. The van der Waals surface area contributed by atoms with Crippen molar-refractivity contribution in [1.29, 1.82) is 0 Å². The second kappa shape index (κ2) is 7.35. The highest BCUT2D eigenvalue weighted by Gasteiger charge is 2.28. The van der Waals surface area contributed by atoms with Crippen LogP contribution in [-0.4, -0.2) is 53.4 Å². The molecule has 1 aliphatic rings. The number of amides is 2. The molecule has 0 aromatic carbocycles. The molecule has 110 valence electrons. The minimum atomic E-state index is -0.128. The predicted molar refractivity (Wildman–Crippen MR) is 75.7 cm³/mol. The van der Waals surface area contributed by atoms with Crippen molar-refractivity contribution >= 4 is 23.3 Å². The quantitative estimate of drug-likeness (QED) is 0.847. The van der Waals surface area contributed by atoms with Crippen LogP contribution in [0.1, 0.15) is 29.4 Å². The van der Waals surface area contributed by atoms with Gasteiger partial charge in [0.15, 0.2) is 0 Å². The van der Waals surface area contributed by atoms with Crippen LogP contribution < -0.4 is 5.32 Å². The van der Waals surface area contributed by atoms with Gasteiger partial charge < -0.3 is 15.0 Å². The molecule has 20 heavy (non-hydrogen) atoms. The van der Waals surface area contributed by atoms with Crippen LogP contribution in [0.25, 0.3) is 0 Å². The zero-order chi connectivity index (χ0) is 14.4. The van der Waals surface area contributed by atoms with E-state index in [0.717, 1.165) is 19.4 Å². The number of hydrogen-bond donors (Lipinski definition) is 1. The highest BCUT2D eigenvalue weighted by molar-refractivity contribution is 7.08. The maximum absolute atomic E-state index is 12.0. The minimum Gasteiger partial charge on any atom is -0.372 e. The molecule has 2 rings (SSSR count). The van der Waals surface area contributed by atoms with Crippen molar-refractivity contribution in [2.24, 2.45) is 0 Å². The standard InChI is InChI=1S/C13H19N3O3S/c1-2-19-9-12(17)16-7-3-4-10(16)8-14-13(18)11-5-6-15-20-11/h5-6,10H,2-4,7-9H2,1H3,(H,14,18). The first kappa shape index (κ1) is 14.9. The summed E-state index contributed by atoms with van der Waals surface area (Å²) in [5.74, 6) is -0.127. The molecular formula is C13H19N3O3S. The van der Waals surface area contributed by atoms with Crippen LogP contribution in [0.4, 0.5) is 0 Å². The molecule has 1 aliphatic heterocycles.